The molecule has 1 atom stereocenters. The highest BCUT2D eigenvalue weighted by atomic mass is 35.5. The third-order valence-corrected chi connectivity index (χ3v) is 4.57. The van der Waals surface area contributed by atoms with Crippen molar-refractivity contribution in [2.45, 2.75) is 19.1 Å². The second kappa shape index (κ2) is 9.72. The molecule has 0 spiro atoms. The van der Waals surface area contributed by atoms with Gasteiger partial charge in [-0.3, -0.25) is 9.59 Å². The fourth-order valence-electron chi connectivity index (χ4n) is 2.78. The van der Waals surface area contributed by atoms with Crippen molar-refractivity contribution in [3.63, 3.8) is 0 Å². The Bertz CT molecular complexity index is 929. The van der Waals surface area contributed by atoms with Gasteiger partial charge in [0.05, 0.1) is 23.0 Å². The molecule has 3 aromatic rings. The molecule has 1 N–H and O–H groups in total. The van der Waals surface area contributed by atoms with Crippen LogP contribution in [0.1, 0.15) is 33.9 Å². The summed E-state index contributed by atoms with van der Waals surface area (Å²) in [7, 11) is 0. The van der Waals surface area contributed by atoms with Gasteiger partial charge >= 0.3 is 5.97 Å². The number of hydrogen-bond donors (Lipinski definition) is 1. The molecule has 28 heavy (non-hydrogen) atoms. The molecule has 0 saturated carbocycles. The molecule has 0 aromatic heterocycles. The van der Waals surface area contributed by atoms with Crippen molar-refractivity contribution in [1.29, 1.82) is 0 Å². The maximum Gasteiger partial charge on any atom is 0.308 e. The summed E-state index contributed by atoms with van der Waals surface area (Å²) in [5.74, 6) is -0.729. The standard InChI is InChI=1S/C23H20ClNO3/c24-20-14-8-7-13-19(20)23(27)25-21(18-11-5-2-6-12-18)15-22(26)28-16-17-9-3-1-4-10-17/h1-14,21H,15-16H2,(H,25,27). The highest BCUT2D eigenvalue weighted by Crippen LogP contribution is 2.21. The maximum absolute atomic E-state index is 12.7. The van der Waals surface area contributed by atoms with Gasteiger partial charge in [0.1, 0.15) is 6.61 Å². The molecule has 3 aromatic carbocycles. The number of halogens is 1. The smallest absolute Gasteiger partial charge is 0.308 e. The zero-order valence-corrected chi connectivity index (χ0v) is 15.9. The molecular weight excluding hydrogens is 374 g/mol. The minimum Gasteiger partial charge on any atom is -0.461 e. The summed E-state index contributed by atoms with van der Waals surface area (Å²) in [6.07, 6.45) is 0.0209. The predicted octanol–water partition coefficient (Wildman–Crippen LogP) is 4.94. The van der Waals surface area contributed by atoms with Crippen molar-refractivity contribution in [1.82, 2.24) is 5.32 Å². The number of benzene rings is 3. The third kappa shape index (κ3) is 5.44. The summed E-state index contributed by atoms with van der Waals surface area (Å²) in [5, 5.41) is 3.25. The van der Waals surface area contributed by atoms with E-state index in [-0.39, 0.29) is 18.9 Å². The van der Waals surface area contributed by atoms with E-state index < -0.39 is 12.0 Å². The normalized spacial score (nSPS) is 11.5. The molecule has 3 rings (SSSR count). The lowest BCUT2D eigenvalue weighted by Crippen LogP contribution is -2.30. The topological polar surface area (TPSA) is 55.4 Å². The van der Waals surface area contributed by atoms with Crippen molar-refractivity contribution in [3.8, 4) is 0 Å². The van der Waals surface area contributed by atoms with Gasteiger partial charge in [0.25, 0.3) is 5.91 Å². The highest BCUT2D eigenvalue weighted by Gasteiger charge is 2.21. The van der Waals surface area contributed by atoms with E-state index in [0.717, 1.165) is 11.1 Å². The van der Waals surface area contributed by atoms with Crippen LogP contribution in [0.5, 0.6) is 0 Å². The first kappa shape index (κ1) is 19.6. The van der Waals surface area contributed by atoms with E-state index in [1.165, 1.54) is 0 Å². The van der Waals surface area contributed by atoms with Crippen molar-refractivity contribution >= 4 is 23.5 Å². The van der Waals surface area contributed by atoms with Crippen molar-refractivity contribution in [2.24, 2.45) is 0 Å². The number of esters is 1. The minimum absolute atomic E-state index is 0.0209. The van der Waals surface area contributed by atoms with Gasteiger partial charge in [-0.25, -0.2) is 0 Å². The number of carbonyl (C=O) groups is 2. The van der Waals surface area contributed by atoms with E-state index in [0.29, 0.717) is 10.6 Å². The number of amides is 1. The second-order valence-electron chi connectivity index (χ2n) is 6.27. The first-order valence-corrected chi connectivity index (χ1v) is 9.31. The lowest BCUT2D eigenvalue weighted by molar-refractivity contribution is -0.145. The summed E-state index contributed by atoms with van der Waals surface area (Å²) in [4.78, 5) is 25.0. The molecule has 0 saturated heterocycles. The van der Waals surface area contributed by atoms with Crippen LogP contribution in [-0.2, 0) is 16.1 Å². The molecule has 4 nitrogen and oxygen atoms in total. The van der Waals surface area contributed by atoms with Gasteiger partial charge in [-0.05, 0) is 23.3 Å². The Labute approximate surface area is 169 Å². The minimum atomic E-state index is -0.520. The van der Waals surface area contributed by atoms with Gasteiger partial charge in [-0.2, -0.15) is 0 Å². The van der Waals surface area contributed by atoms with E-state index in [1.807, 2.05) is 60.7 Å². The van der Waals surface area contributed by atoms with Crippen LogP contribution in [0.3, 0.4) is 0 Å². The van der Waals surface area contributed by atoms with E-state index in [4.69, 9.17) is 16.3 Å². The fraction of sp³-hybridized carbons (Fsp3) is 0.130. The van der Waals surface area contributed by atoms with Gasteiger partial charge in [-0.15, -0.1) is 0 Å². The third-order valence-electron chi connectivity index (χ3n) is 4.24. The Morgan fingerprint density at radius 3 is 2.14 bits per heavy atom. The highest BCUT2D eigenvalue weighted by molar-refractivity contribution is 6.33. The monoisotopic (exact) mass is 393 g/mol. The quantitative estimate of drug-likeness (QED) is 0.578. The number of nitrogens with one attached hydrogen (secondary N) is 1. The summed E-state index contributed by atoms with van der Waals surface area (Å²) in [6.45, 7) is 0.194. The van der Waals surface area contributed by atoms with Gasteiger partial charge < -0.3 is 10.1 Å². The Hall–Kier alpha value is -3.11. The molecule has 142 valence electrons. The summed E-state index contributed by atoms with van der Waals surface area (Å²) >= 11 is 6.12. The number of carbonyl (C=O) groups excluding carboxylic acids is 2. The van der Waals surface area contributed by atoms with E-state index in [1.54, 1.807) is 24.3 Å². The first-order chi connectivity index (χ1) is 13.6. The molecule has 0 aliphatic rings. The van der Waals surface area contributed by atoms with Gasteiger partial charge in [-0.1, -0.05) is 84.4 Å². The maximum atomic E-state index is 12.7. The van der Waals surface area contributed by atoms with Gasteiger partial charge in [0, 0.05) is 0 Å². The summed E-state index contributed by atoms with van der Waals surface area (Å²) in [6, 6.07) is 25.1. The lowest BCUT2D eigenvalue weighted by Gasteiger charge is -2.19. The number of hydrogen-bond acceptors (Lipinski definition) is 3. The SMILES string of the molecule is O=C(CC(NC(=O)c1ccccc1Cl)c1ccccc1)OCc1ccccc1. The summed E-state index contributed by atoms with van der Waals surface area (Å²) in [5.41, 5.74) is 2.09. The fourth-order valence-corrected chi connectivity index (χ4v) is 3.00. The first-order valence-electron chi connectivity index (χ1n) is 8.93. The van der Waals surface area contributed by atoms with Crippen molar-refractivity contribution in [3.05, 3.63) is 107 Å². The average molecular weight is 394 g/mol. The average Bonchev–Trinajstić information content (AvgIpc) is 2.73. The van der Waals surface area contributed by atoms with E-state index in [2.05, 4.69) is 5.32 Å². The van der Waals surface area contributed by atoms with Crippen LogP contribution in [0.25, 0.3) is 0 Å². The number of rotatable bonds is 7. The van der Waals surface area contributed by atoms with Crippen LogP contribution in [0, 0.1) is 0 Å². The molecule has 5 heteroatoms. The van der Waals surface area contributed by atoms with Gasteiger partial charge in [0.15, 0.2) is 0 Å². The molecule has 0 aliphatic heterocycles. The summed E-state index contributed by atoms with van der Waals surface area (Å²) < 4.78 is 5.37. The van der Waals surface area contributed by atoms with E-state index >= 15 is 0 Å². The molecule has 0 radical (unpaired) electrons. The van der Waals surface area contributed by atoms with E-state index in [9.17, 15) is 9.59 Å². The zero-order valence-electron chi connectivity index (χ0n) is 15.2. The molecule has 0 fully saturated rings. The Kier molecular flexibility index (Phi) is 6.82. The molecular formula is C23H20ClNO3. The van der Waals surface area contributed by atoms with Crippen LogP contribution in [0.2, 0.25) is 5.02 Å². The molecule has 0 aliphatic carbocycles. The van der Waals surface area contributed by atoms with Crippen LogP contribution >= 0.6 is 11.6 Å². The van der Waals surface area contributed by atoms with Crippen LogP contribution in [0.4, 0.5) is 0 Å². The zero-order chi connectivity index (χ0) is 19.8. The van der Waals surface area contributed by atoms with Crippen LogP contribution < -0.4 is 5.32 Å². The van der Waals surface area contributed by atoms with Crippen molar-refractivity contribution in [2.75, 3.05) is 0 Å². The molecule has 0 bridgehead atoms. The molecule has 1 unspecified atom stereocenters. The molecule has 0 heterocycles. The van der Waals surface area contributed by atoms with Crippen LogP contribution in [-0.4, -0.2) is 11.9 Å². The lowest BCUT2D eigenvalue weighted by atomic mass is 10.0. The largest absolute Gasteiger partial charge is 0.461 e. The Balaban J connectivity index is 1.70. The van der Waals surface area contributed by atoms with Crippen molar-refractivity contribution < 1.29 is 14.3 Å². The van der Waals surface area contributed by atoms with Gasteiger partial charge in [0.2, 0.25) is 0 Å². The second-order valence-corrected chi connectivity index (χ2v) is 6.67. The Morgan fingerprint density at radius 1 is 0.857 bits per heavy atom. The van der Waals surface area contributed by atoms with Crippen LogP contribution in [0.15, 0.2) is 84.9 Å². The Morgan fingerprint density at radius 2 is 1.46 bits per heavy atom. The number of ether oxygens (including phenoxy) is 1. The molecule has 1 amide bonds. The predicted molar refractivity (Wildman–Crippen MR) is 109 cm³/mol.